The predicted molar refractivity (Wildman–Crippen MR) is 112 cm³/mol. The van der Waals surface area contributed by atoms with Crippen molar-refractivity contribution in [3.05, 3.63) is 70.7 Å². The van der Waals surface area contributed by atoms with Crippen LogP contribution >= 0.6 is 22.7 Å². The van der Waals surface area contributed by atoms with E-state index in [1.165, 1.54) is 27.9 Å². The van der Waals surface area contributed by atoms with E-state index in [2.05, 4.69) is 40.4 Å². The van der Waals surface area contributed by atoms with E-state index in [0.717, 1.165) is 28.4 Å². The number of rotatable bonds is 3. The highest BCUT2D eigenvalue weighted by Crippen LogP contribution is 2.31. The number of carbonyl (C=O) groups excluding carboxylic acids is 1. The van der Waals surface area contributed by atoms with Crippen LogP contribution in [-0.2, 0) is 0 Å². The van der Waals surface area contributed by atoms with Gasteiger partial charge in [-0.25, -0.2) is 4.98 Å². The van der Waals surface area contributed by atoms with Crippen molar-refractivity contribution in [3.8, 4) is 9.88 Å². The lowest BCUT2D eigenvalue weighted by molar-refractivity contribution is 0.0768. The first kappa shape index (κ1) is 16.5. The highest BCUT2D eigenvalue weighted by Gasteiger charge is 2.22. The van der Waals surface area contributed by atoms with Crippen LogP contribution in [0.2, 0.25) is 0 Å². The van der Waals surface area contributed by atoms with Crippen LogP contribution in [0.3, 0.4) is 0 Å². The van der Waals surface area contributed by atoms with E-state index in [1.54, 1.807) is 11.3 Å². The summed E-state index contributed by atoms with van der Waals surface area (Å²) in [6.45, 7) is 1.34. The van der Waals surface area contributed by atoms with E-state index in [4.69, 9.17) is 0 Å². The van der Waals surface area contributed by atoms with E-state index in [0.29, 0.717) is 12.2 Å². The van der Waals surface area contributed by atoms with E-state index in [-0.39, 0.29) is 5.91 Å². The lowest BCUT2D eigenvalue weighted by Gasteiger charge is -2.25. The molecule has 6 heteroatoms. The molecule has 4 heterocycles. The van der Waals surface area contributed by atoms with Crippen molar-refractivity contribution in [3.63, 3.8) is 0 Å². The molecule has 1 aliphatic rings. The number of hydrogen-bond donors (Lipinski definition) is 1. The highest BCUT2D eigenvalue weighted by molar-refractivity contribution is 7.20. The Labute approximate surface area is 164 Å². The topological polar surface area (TPSA) is 49.0 Å². The molecule has 0 unspecified atom stereocenters. The number of benzene rings is 1. The summed E-state index contributed by atoms with van der Waals surface area (Å²) < 4.78 is 0. The Morgan fingerprint density at radius 2 is 2.07 bits per heavy atom. The molecule has 0 fully saturated rings. The SMILES string of the molecule is O=C(c1csc(-c2cccs2)n1)N1CC=C(c2c[nH]c3ccccc23)CC1. The molecule has 1 N–H and O–H groups in total. The number of aromatic nitrogens is 2. The average molecular weight is 392 g/mol. The third-order valence-electron chi connectivity index (χ3n) is 4.89. The predicted octanol–water partition coefficient (Wildman–Crippen LogP) is 5.28. The number of carbonyl (C=O) groups is 1. The summed E-state index contributed by atoms with van der Waals surface area (Å²) in [5.41, 5.74) is 4.24. The van der Waals surface area contributed by atoms with E-state index in [1.807, 2.05) is 33.9 Å². The molecule has 0 spiro atoms. The monoisotopic (exact) mass is 391 g/mol. The van der Waals surface area contributed by atoms with Crippen LogP contribution in [0.25, 0.3) is 26.4 Å². The van der Waals surface area contributed by atoms with Crippen molar-refractivity contribution in [2.75, 3.05) is 13.1 Å². The number of H-pyrrole nitrogens is 1. The first-order valence-electron chi connectivity index (χ1n) is 8.84. The molecule has 0 saturated heterocycles. The van der Waals surface area contributed by atoms with Crippen LogP contribution in [0.4, 0.5) is 0 Å². The average Bonchev–Trinajstić information content (AvgIpc) is 3.47. The number of fused-ring (bicyclic) bond motifs is 1. The summed E-state index contributed by atoms with van der Waals surface area (Å²) in [7, 11) is 0. The number of para-hydroxylation sites is 1. The van der Waals surface area contributed by atoms with Crippen LogP contribution < -0.4 is 0 Å². The van der Waals surface area contributed by atoms with Crippen LogP contribution in [0.15, 0.2) is 59.4 Å². The highest BCUT2D eigenvalue weighted by atomic mass is 32.1. The minimum Gasteiger partial charge on any atom is -0.361 e. The standard InChI is InChI=1S/C21H17N3OS2/c25-21(18-13-27-20(23-18)19-6-3-11-26-19)24-9-7-14(8-10-24)16-12-22-17-5-2-1-4-15(16)17/h1-7,11-13,22H,8-10H2. The second-order valence-electron chi connectivity index (χ2n) is 6.49. The molecule has 4 aromatic rings. The molecule has 1 aliphatic heterocycles. The van der Waals surface area contributed by atoms with Gasteiger partial charge in [-0.15, -0.1) is 22.7 Å². The summed E-state index contributed by atoms with van der Waals surface area (Å²) >= 11 is 3.18. The minimum atomic E-state index is 0.0169. The molecule has 0 saturated carbocycles. The fraction of sp³-hybridized carbons (Fsp3) is 0.143. The van der Waals surface area contributed by atoms with Crippen molar-refractivity contribution in [1.82, 2.24) is 14.9 Å². The fourth-order valence-corrected chi connectivity index (χ4v) is 5.09. The largest absolute Gasteiger partial charge is 0.361 e. The molecular formula is C21H17N3OS2. The maximum absolute atomic E-state index is 12.8. The number of nitrogens with zero attached hydrogens (tertiary/aromatic N) is 2. The third-order valence-corrected chi connectivity index (χ3v) is 6.77. The van der Waals surface area contributed by atoms with Gasteiger partial charge in [-0.3, -0.25) is 4.79 Å². The fourth-order valence-electron chi connectivity index (χ4n) is 3.48. The molecular weight excluding hydrogens is 374 g/mol. The number of thiophene rings is 1. The number of amides is 1. The van der Waals surface area contributed by atoms with Crippen LogP contribution in [0.1, 0.15) is 22.5 Å². The van der Waals surface area contributed by atoms with Crippen LogP contribution in [0, 0.1) is 0 Å². The summed E-state index contributed by atoms with van der Waals surface area (Å²) in [4.78, 5) is 23.7. The van der Waals surface area contributed by atoms with Gasteiger partial charge in [0.1, 0.15) is 10.7 Å². The van der Waals surface area contributed by atoms with Gasteiger partial charge in [-0.1, -0.05) is 30.3 Å². The van der Waals surface area contributed by atoms with Crippen LogP contribution in [0.5, 0.6) is 0 Å². The summed E-state index contributed by atoms with van der Waals surface area (Å²) in [6.07, 6.45) is 5.10. The first-order chi connectivity index (χ1) is 13.3. The number of thiazole rings is 1. The zero-order valence-electron chi connectivity index (χ0n) is 14.5. The molecule has 1 amide bonds. The van der Waals surface area contributed by atoms with Gasteiger partial charge in [-0.2, -0.15) is 0 Å². The van der Waals surface area contributed by atoms with Crippen molar-refractivity contribution >= 4 is 45.1 Å². The first-order valence-corrected chi connectivity index (χ1v) is 10.6. The third kappa shape index (κ3) is 3.01. The zero-order valence-corrected chi connectivity index (χ0v) is 16.1. The maximum atomic E-state index is 12.8. The van der Waals surface area contributed by atoms with Gasteiger partial charge in [0.05, 0.1) is 4.88 Å². The molecule has 0 bridgehead atoms. The molecule has 0 radical (unpaired) electrons. The molecule has 4 nitrogen and oxygen atoms in total. The smallest absolute Gasteiger partial charge is 0.273 e. The Hall–Kier alpha value is -2.70. The van der Waals surface area contributed by atoms with Crippen molar-refractivity contribution in [2.24, 2.45) is 0 Å². The molecule has 0 aliphatic carbocycles. The molecule has 3 aromatic heterocycles. The molecule has 134 valence electrons. The minimum absolute atomic E-state index is 0.0169. The molecule has 0 atom stereocenters. The summed E-state index contributed by atoms with van der Waals surface area (Å²) in [5, 5.41) is 6.06. The van der Waals surface area contributed by atoms with E-state index >= 15 is 0 Å². The Kier molecular flexibility index (Phi) is 4.14. The van der Waals surface area contributed by atoms with Gasteiger partial charge in [0, 0.05) is 41.1 Å². The quantitative estimate of drug-likeness (QED) is 0.516. The van der Waals surface area contributed by atoms with Gasteiger partial charge >= 0.3 is 0 Å². The van der Waals surface area contributed by atoms with Crippen molar-refractivity contribution in [1.29, 1.82) is 0 Å². The molecule has 5 rings (SSSR count). The van der Waals surface area contributed by atoms with Gasteiger partial charge in [0.15, 0.2) is 0 Å². The lowest BCUT2D eigenvalue weighted by atomic mass is 9.99. The van der Waals surface area contributed by atoms with Crippen LogP contribution in [-0.4, -0.2) is 33.9 Å². The number of hydrogen-bond acceptors (Lipinski definition) is 4. The Balaban J connectivity index is 1.34. The molecule has 27 heavy (non-hydrogen) atoms. The summed E-state index contributed by atoms with van der Waals surface area (Å²) in [6, 6.07) is 12.4. The normalized spacial score (nSPS) is 14.5. The Bertz CT molecular complexity index is 1140. The van der Waals surface area contributed by atoms with Gasteiger partial charge in [-0.05, 0) is 29.5 Å². The number of nitrogens with one attached hydrogen (secondary N) is 1. The van der Waals surface area contributed by atoms with Crippen molar-refractivity contribution in [2.45, 2.75) is 6.42 Å². The van der Waals surface area contributed by atoms with Crippen molar-refractivity contribution < 1.29 is 4.79 Å². The Morgan fingerprint density at radius 3 is 2.89 bits per heavy atom. The zero-order chi connectivity index (χ0) is 18.2. The number of aromatic amines is 1. The molecule has 1 aromatic carbocycles. The van der Waals surface area contributed by atoms with Gasteiger partial charge < -0.3 is 9.88 Å². The summed E-state index contributed by atoms with van der Waals surface area (Å²) in [5.74, 6) is 0.0169. The van der Waals surface area contributed by atoms with Gasteiger partial charge in [0.25, 0.3) is 5.91 Å². The lowest BCUT2D eigenvalue weighted by Crippen LogP contribution is -2.34. The van der Waals surface area contributed by atoms with E-state index in [9.17, 15) is 4.79 Å². The van der Waals surface area contributed by atoms with Gasteiger partial charge in [0.2, 0.25) is 0 Å². The van der Waals surface area contributed by atoms with E-state index < -0.39 is 0 Å². The Morgan fingerprint density at radius 1 is 1.15 bits per heavy atom. The second-order valence-corrected chi connectivity index (χ2v) is 8.30. The second kappa shape index (κ2) is 6.79. The maximum Gasteiger partial charge on any atom is 0.273 e.